The summed E-state index contributed by atoms with van der Waals surface area (Å²) in [4.78, 5) is 29.1. The SMILES string of the molecule is CCCCOc1ccc(C(C)NC(=O)CN2C(=O)/C(=C/c3ccccc3)SC3CCCCC32)cc1. The maximum atomic E-state index is 13.5. The normalized spacial score (nSPS) is 21.9. The fraction of sp³-hybridized carbons (Fsp3) is 0.448. The third-order valence-corrected chi connectivity index (χ3v) is 8.15. The van der Waals surface area contributed by atoms with Crippen molar-refractivity contribution < 1.29 is 14.3 Å². The molecule has 6 heteroatoms. The summed E-state index contributed by atoms with van der Waals surface area (Å²) < 4.78 is 5.74. The Morgan fingerprint density at radius 3 is 2.63 bits per heavy atom. The molecule has 4 rings (SSSR count). The third kappa shape index (κ3) is 6.69. The average molecular weight is 493 g/mol. The van der Waals surface area contributed by atoms with Crippen LogP contribution in [0.5, 0.6) is 5.75 Å². The molecule has 0 radical (unpaired) electrons. The number of hydrogen-bond acceptors (Lipinski definition) is 4. The molecule has 1 aliphatic heterocycles. The maximum absolute atomic E-state index is 13.5. The van der Waals surface area contributed by atoms with E-state index in [4.69, 9.17) is 4.74 Å². The molecule has 1 heterocycles. The van der Waals surface area contributed by atoms with Gasteiger partial charge in [-0.1, -0.05) is 68.7 Å². The molecule has 5 nitrogen and oxygen atoms in total. The van der Waals surface area contributed by atoms with Gasteiger partial charge < -0.3 is 15.0 Å². The number of hydrogen-bond donors (Lipinski definition) is 1. The highest BCUT2D eigenvalue weighted by atomic mass is 32.2. The van der Waals surface area contributed by atoms with Crippen LogP contribution in [0.2, 0.25) is 0 Å². The lowest BCUT2D eigenvalue weighted by Gasteiger charge is -2.44. The van der Waals surface area contributed by atoms with E-state index < -0.39 is 0 Å². The Labute approximate surface area is 213 Å². The van der Waals surface area contributed by atoms with Crippen molar-refractivity contribution >= 4 is 29.7 Å². The first kappa shape index (κ1) is 25.4. The lowest BCUT2D eigenvalue weighted by atomic mass is 9.93. The van der Waals surface area contributed by atoms with Gasteiger partial charge >= 0.3 is 0 Å². The van der Waals surface area contributed by atoms with Crippen LogP contribution in [0.3, 0.4) is 0 Å². The van der Waals surface area contributed by atoms with Crippen LogP contribution in [0, 0.1) is 0 Å². The number of unbranched alkanes of at least 4 members (excludes halogenated alkanes) is 1. The number of amides is 2. The second-order valence-electron chi connectivity index (χ2n) is 9.42. The number of nitrogens with zero attached hydrogens (tertiary/aromatic N) is 1. The number of nitrogens with one attached hydrogen (secondary N) is 1. The summed E-state index contributed by atoms with van der Waals surface area (Å²) in [5.41, 5.74) is 2.03. The van der Waals surface area contributed by atoms with E-state index in [0.717, 1.165) is 53.9 Å². The molecule has 0 aromatic heterocycles. The van der Waals surface area contributed by atoms with Crippen molar-refractivity contribution in [1.29, 1.82) is 0 Å². The second kappa shape index (κ2) is 12.3. The van der Waals surface area contributed by atoms with E-state index in [-0.39, 0.29) is 30.4 Å². The molecule has 1 saturated carbocycles. The highest BCUT2D eigenvalue weighted by Crippen LogP contribution is 2.42. The van der Waals surface area contributed by atoms with Crippen LogP contribution in [-0.2, 0) is 9.59 Å². The molecular weight excluding hydrogens is 456 g/mol. The van der Waals surface area contributed by atoms with Gasteiger partial charge in [0.1, 0.15) is 12.3 Å². The minimum Gasteiger partial charge on any atom is -0.494 e. The quantitative estimate of drug-likeness (QED) is 0.346. The van der Waals surface area contributed by atoms with E-state index in [1.807, 2.05) is 72.5 Å². The Kier molecular flexibility index (Phi) is 8.91. The average Bonchev–Trinajstić information content (AvgIpc) is 2.87. The molecule has 2 aliphatic rings. The number of carbonyl (C=O) groups is 2. The summed E-state index contributed by atoms with van der Waals surface area (Å²) in [6, 6.07) is 17.8. The van der Waals surface area contributed by atoms with Crippen molar-refractivity contribution in [2.45, 2.75) is 69.7 Å². The fourth-order valence-electron chi connectivity index (χ4n) is 4.77. The smallest absolute Gasteiger partial charge is 0.261 e. The van der Waals surface area contributed by atoms with Crippen LogP contribution < -0.4 is 10.1 Å². The largest absolute Gasteiger partial charge is 0.494 e. The monoisotopic (exact) mass is 492 g/mol. The number of carbonyl (C=O) groups excluding carboxylic acids is 2. The minimum atomic E-state index is -0.150. The molecule has 2 aromatic carbocycles. The van der Waals surface area contributed by atoms with Crippen molar-refractivity contribution in [3.63, 3.8) is 0 Å². The van der Waals surface area contributed by atoms with E-state index >= 15 is 0 Å². The van der Waals surface area contributed by atoms with Crippen molar-refractivity contribution in [3.8, 4) is 5.75 Å². The van der Waals surface area contributed by atoms with E-state index in [1.165, 1.54) is 6.42 Å². The molecule has 1 N–H and O–H groups in total. The van der Waals surface area contributed by atoms with Crippen molar-refractivity contribution in [2.75, 3.05) is 13.2 Å². The molecule has 35 heavy (non-hydrogen) atoms. The van der Waals surface area contributed by atoms with Gasteiger partial charge in [-0.05, 0) is 55.5 Å². The summed E-state index contributed by atoms with van der Waals surface area (Å²) in [5.74, 6) is 0.695. The van der Waals surface area contributed by atoms with Crippen LogP contribution in [-0.4, -0.2) is 41.2 Å². The molecule has 3 unspecified atom stereocenters. The van der Waals surface area contributed by atoms with E-state index in [2.05, 4.69) is 12.2 Å². The molecule has 2 fully saturated rings. The van der Waals surface area contributed by atoms with Gasteiger partial charge in [0.05, 0.1) is 17.6 Å². The van der Waals surface area contributed by atoms with E-state index in [9.17, 15) is 9.59 Å². The minimum absolute atomic E-state index is 0.0293. The molecule has 2 aromatic rings. The number of benzene rings is 2. The highest BCUT2D eigenvalue weighted by Gasteiger charge is 2.41. The molecule has 3 atom stereocenters. The van der Waals surface area contributed by atoms with Crippen LogP contribution in [0.1, 0.15) is 69.5 Å². The third-order valence-electron chi connectivity index (χ3n) is 6.75. The Morgan fingerprint density at radius 1 is 1.14 bits per heavy atom. The summed E-state index contributed by atoms with van der Waals surface area (Å²) in [7, 11) is 0. The van der Waals surface area contributed by atoms with Crippen LogP contribution in [0.15, 0.2) is 59.5 Å². The summed E-state index contributed by atoms with van der Waals surface area (Å²) in [5, 5.41) is 3.44. The highest BCUT2D eigenvalue weighted by molar-refractivity contribution is 8.04. The standard InChI is InChI=1S/C29H36N2O3S/c1-3-4-18-34-24-16-14-23(15-17-24)21(2)30-28(32)20-31-25-12-8-9-13-26(25)35-27(29(31)33)19-22-10-6-5-7-11-22/h5-7,10-11,14-17,19,21,25-26H,3-4,8-9,12-13,18,20H2,1-2H3,(H,30,32)/b27-19-. The number of thioether (sulfide) groups is 1. The Morgan fingerprint density at radius 2 is 1.89 bits per heavy atom. The maximum Gasteiger partial charge on any atom is 0.261 e. The summed E-state index contributed by atoms with van der Waals surface area (Å²) in [6.45, 7) is 4.92. The molecule has 186 valence electrons. The van der Waals surface area contributed by atoms with Gasteiger partial charge in [0, 0.05) is 11.3 Å². The van der Waals surface area contributed by atoms with Gasteiger partial charge in [-0.25, -0.2) is 0 Å². The van der Waals surface area contributed by atoms with E-state index in [1.54, 1.807) is 11.8 Å². The fourth-order valence-corrected chi connectivity index (χ4v) is 6.25. The number of rotatable bonds is 9. The second-order valence-corrected chi connectivity index (χ2v) is 10.7. The van der Waals surface area contributed by atoms with Crippen LogP contribution in [0.4, 0.5) is 0 Å². The Bertz CT molecular complexity index is 1020. The number of ether oxygens (including phenoxy) is 1. The summed E-state index contributed by atoms with van der Waals surface area (Å²) >= 11 is 1.69. The number of fused-ring (bicyclic) bond motifs is 1. The predicted molar refractivity (Wildman–Crippen MR) is 143 cm³/mol. The van der Waals surface area contributed by atoms with Gasteiger partial charge in [0.25, 0.3) is 5.91 Å². The lowest BCUT2D eigenvalue weighted by molar-refractivity contribution is -0.135. The first-order chi connectivity index (χ1) is 17.0. The summed E-state index contributed by atoms with van der Waals surface area (Å²) in [6.07, 6.45) is 8.43. The predicted octanol–water partition coefficient (Wildman–Crippen LogP) is 5.97. The van der Waals surface area contributed by atoms with Gasteiger partial charge in [0.2, 0.25) is 5.91 Å². The Balaban J connectivity index is 1.41. The molecule has 2 amide bonds. The molecular formula is C29H36N2O3S. The first-order valence-corrected chi connectivity index (χ1v) is 13.7. The topological polar surface area (TPSA) is 58.6 Å². The van der Waals surface area contributed by atoms with Gasteiger partial charge in [-0.2, -0.15) is 0 Å². The zero-order chi connectivity index (χ0) is 24.6. The first-order valence-electron chi connectivity index (χ1n) is 12.8. The van der Waals surface area contributed by atoms with E-state index in [0.29, 0.717) is 11.9 Å². The van der Waals surface area contributed by atoms with Gasteiger partial charge in [-0.15, -0.1) is 11.8 Å². The molecule has 0 bridgehead atoms. The van der Waals surface area contributed by atoms with Crippen molar-refractivity contribution in [3.05, 3.63) is 70.6 Å². The van der Waals surface area contributed by atoms with Crippen molar-refractivity contribution in [2.24, 2.45) is 0 Å². The Hall–Kier alpha value is -2.73. The molecule has 0 spiro atoms. The zero-order valence-electron chi connectivity index (χ0n) is 20.7. The molecule has 1 saturated heterocycles. The van der Waals surface area contributed by atoms with Gasteiger partial charge in [0.15, 0.2) is 0 Å². The zero-order valence-corrected chi connectivity index (χ0v) is 21.6. The molecule has 1 aliphatic carbocycles. The van der Waals surface area contributed by atoms with Gasteiger partial charge in [-0.3, -0.25) is 9.59 Å². The van der Waals surface area contributed by atoms with Crippen molar-refractivity contribution in [1.82, 2.24) is 10.2 Å². The van der Waals surface area contributed by atoms with Crippen LogP contribution >= 0.6 is 11.8 Å². The van der Waals surface area contributed by atoms with Crippen LogP contribution in [0.25, 0.3) is 6.08 Å². The lowest BCUT2D eigenvalue weighted by Crippen LogP contribution is -2.54.